The highest BCUT2D eigenvalue weighted by Gasteiger charge is 2.41. The minimum absolute atomic E-state index is 0.0299. The van der Waals surface area contributed by atoms with E-state index < -0.39 is 11.9 Å². The van der Waals surface area contributed by atoms with Crippen LogP contribution in [0.1, 0.15) is 41.1 Å². The number of nitrogens with two attached hydrogens (primary N) is 1. The minimum atomic E-state index is -0.591. The second-order valence-corrected chi connectivity index (χ2v) is 11.5. The molecule has 42 heavy (non-hydrogen) atoms. The van der Waals surface area contributed by atoms with E-state index >= 15 is 0 Å². The molecule has 214 valence electrons. The van der Waals surface area contributed by atoms with Gasteiger partial charge < -0.3 is 20.5 Å². The maximum absolute atomic E-state index is 13.3. The molecule has 2 aliphatic rings. The number of Topliss-reactive ketones (excluding diaryl/α,β-unsaturated/α-hetero) is 1. The third-order valence-electron chi connectivity index (χ3n) is 6.87. The summed E-state index contributed by atoms with van der Waals surface area (Å²) in [6.45, 7) is 0. The van der Waals surface area contributed by atoms with Gasteiger partial charge in [-0.1, -0.05) is 35.2 Å². The van der Waals surface area contributed by atoms with Gasteiger partial charge in [-0.25, -0.2) is 4.79 Å². The predicted octanol–water partition coefficient (Wildman–Crippen LogP) is 4.37. The lowest BCUT2D eigenvalue weighted by molar-refractivity contribution is -0.116. The van der Waals surface area contributed by atoms with Crippen LogP contribution in [0.25, 0.3) is 0 Å². The number of allylic oxidation sites excluding steroid dienone is 3. The van der Waals surface area contributed by atoms with Crippen LogP contribution >= 0.6 is 23.1 Å². The molecule has 3 aromatic rings. The van der Waals surface area contributed by atoms with Crippen molar-refractivity contribution in [1.82, 2.24) is 10.2 Å². The Morgan fingerprint density at radius 1 is 1.14 bits per heavy atom. The fourth-order valence-electron chi connectivity index (χ4n) is 4.92. The monoisotopic (exact) mass is 602 g/mol. The molecule has 5 rings (SSSR count). The molecular formula is C29H26N6O5S2. The van der Waals surface area contributed by atoms with Crippen LogP contribution in [0.3, 0.4) is 0 Å². The first-order valence-electron chi connectivity index (χ1n) is 12.9. The van der Waals surface area contributed by atoms with Gasteiger partial charge in [-0.3, -0.25) is 14.5 Å². The van der Waals surface area contributed by atoms with E-state index in [-0.39, 0.29) is 28.8 Å². The number of ketones is 1. The highest BCUT2D eigenvalue weighted by molar-refractivity contribution is 8.01. The summed E-state index contributed by atoms with van der Waals surface area (Å²) in [6, 6.07) is 15.9. The molecule has 2 aromatic carbocycles. The number of ether oxygens (including phenoxy) is 2. The molecule has 0 spiro atoms. The number of nitrogens with one attached hydrogen (secondary N) is 1. The number of anilines is 2. The zero-order chi connectivity index (χ0) is 29.8. The molecule has 0 saturated heterocycles. The number of nitrogens with zero attached hydrogens (tertiary/aromatic N) is 4. The van der Waals surface area contributed by atoms with Crippen molar-refractivity contribution in [3.63, 3.8) is 0 Å². The van der Waals surface area contributed by atoms with Gasteiger partial charge in [0.25, 0.3) is 0 Å². The summed E-state index contributed by atoms with van der Waals surface area (Å²) in [5, 5.41) is 21.9. The molecule has 0 fully saturated rings. The fourth-order valence-corrected chi connectivity index (χ4v) is 6.60. The Balaban J connectivity index is 1.36. The molecule has 1 aliphatic carbocycles. The number of rotatable bonds is 8. The third kappa shape index (κ3) is 5.72. The van der Waals surface area contributed by atoms with Crippen molar-refractivity contribution in [3.8, 4) is 11.8 Å². The van der Waals surface area contributed by atoms with E-state index in [1.807, 2.05) is 12.1 Å². The predicted molar refractivity (Wildman–Crippen MR) is 158 cm³/mol. The first-order valence-corrected chi connectivity index (χ1v) is 14.7. The Hall–Kier alpha value is -4.67. The van der Waals surface area contributed by atoms with E-state index in [0.717, 1.165) is 5.56 Å². The molecule has 0 bridgehead atoms. The van der Waals surface area contributed by atoms with Crippen LogP contribution in [-0.2, 0) is 14.3 Å². The van der Waals surface area contributed by atoms with Crippen molar-refractivity contribution in [2.24, 2.45) is 5.73 Å². The van der Waals surface area contributed by atoms with Gasteiger partial charge >= 0.3 is 5.97 Å². The van der Waals surface area contributed by atoms with Gasteiger partial charge in [0.1, 0.15) is 11.6 Å². The number of aromatic nitrogens is 2. The Labute approximate surface area is 250 Å². The van der Waals surface area contributed by atoms with Gasteiger partial charge in [-0.05, 0) is 54.8 Å². The molecular weight excluding hydrogens is 576 g/mol. The lowest BCUT2D eigenvalue weighted by atomic mass is 9.76. The number of hydrogen-bond donors (Lipinski definition) is 2. The fraction of sp³-hybridized carbons (Fsp3) is 0.241. The van der Waals surface area contributed by atoms with Gasteiger partial charge in [0.15, 0.2) is 10.1 Å². The van der Waals surface area contributed by atoms with E-state index in [2.05, 4.69) is 26.3 Å². The second kappa shape index (κ2) is 12.5. The second-order valence-electron chi connectivity index (χ2n) is 9.35. The van der Waals surface area contributed by atoms with E-state index in [1.54, 1.807) is 48.4 Å². The molecule has 1 aromatic heterocycles. The first kappa shape index (κ1) is 28.8. The van der Waals surface area contributed by atoms with E-state index in [4.69, 9.17) is 10.5 Å². The Morgan fingerprint density at radius 2 is 1.88 bits per heavy atom. The standard InChI is InChI=1S/C29H26N6O5S2/c1-39-19-12-8-16(9-13-19)24-20(14-30)26(31)35(21-4-3-5-22(36)25(21)24)28-33-34-29(42-28)41-15-23(37)32-18-10-6-17(7-11-18)27(38)40-2/h6-13,24H,3-5,15,31H2,1-2H3,(H,32,37). The molecule has 1 unspecified atom stereocenters. The number of methoxy groups -OCH3 is 2. The van der Waals surface area contributed by atoms with Crippen LogP contribution in [0.15, 0.2) is 75.5 Å². The molecule has 1 atom stereocenters. The summed E-state index contributed by atoms with van der Waals surface area (Å²) in [5.41, 5.74) is 9.81. The summed E-state index contributed by atoms with van der Waals surface area (Å²) in [4.78, 5) is 39.1. The number of benzene rings is 2. The number of hydrogen-bond acceptors (Lipinski definition) is 12. The van der Waals surface area contributed by atoms with Gasteiger partial charge in [0, 0.05) is 23.4 Å². The minimum Gasteiger partial charge on any atom is -0.497 e. The van der Waals surface area contributed by atoms with Crippen molar-refractivity contribution in [1.29, 1.82) is 5.26 Å². The van der Waals surface area contributed by atoms with Gasteiger partial charge in [-0.2, -0.15) is 5.26 Å². The number of esters is 1. The van der Waals surface area contributed by atoms with Gasteiger partial charge in [-0.15, -0.1) is 10.2 Å². The SMILES string of the molecule is COC(=O)c1ccc(NC(=O)CSc2nnc(N3C(N)=C(C#N)C(c4ccc(OC)cc4)C4=C3CCCC4=O)s2)cc1. The van der Waals surface area contributed by atoms with E-state index in [1.165, 1.54) is 30.2 Å². The van der Waals surface area contributed by atoms with E-state index in [0.29, 0.717) is 57.0 Å². The average molecular weight is 603 g/mol. The molecule has 3 N–H and O–H groups in total. The van der Waals surface area contributed by atoms with Crippen LogP contribution in [0.4, 0.5) is 10.8 Å². The molecule has 0 radical (unpaired) electrons. The van der Waals surface area contributed by atoms with Crippen LogP contribution in [0.2, 0.25) is 0 Å². The van der Waals surface area contributed by atoms with Crippen LogP contribution in [-0.4, -0.2) is 47.8 Å². The van der Waals surface area contributed by atoms with Crippen molar-refractivity contribution in [3.05, 3.63) is 82.3 Å². The Morgan fingerprint density at radius 3 is 2.55 bits per heavy atom. The Bertz CT molecular complexity index is 1640. The maximum Gasteiger partial charge on any atom is 0.337 e. The molecule has 1 amide bonds. The number of amides is 1. The molecule has 13 heteroatoms. The van der Waals surface area contributed by atoms with Crippen molar-refractivity contribution >= 4 is 51.6 Å². The summed E-state index contributed by atoms with van der Waals surface area (Å²) in [7, 11) is 2.88. The first-order chi connectivity index (χ1) is 20.3. The zero-order valence-corrected chi connectivity index (χ0v) is 24.4. The van der Waals surface area contributed by atoms with Gasteiger partial charge in [0.2, 0.25) is 11.0 Å². The molecule has 2 heterocycles. The Kier molecular flexibility index (Phi) is 8.56. The largest absolute Gasteiger partial charge is 0.497 e. The molecule has 0 saturated carbocycles. The zero-order valence-electron chi connectivity index (χ0n) is 22.7. The summed E-state index contributed by atoms with van der Waals surface area (Å²) in [6.07, 6.45) is 1.63. The summed E-state index contributed by atoms with van der Waals surface area (Å²) in [5.74, 6) is -0.416. The maximum atomic E-state index is 13.3. The third-order valence-corrected chi connectivity index (χ3v) is 8.91. The number of thioether (sulfide) groups is 1. The number of carbonyl (C=O) groups excluding carboxylic acids is 3. The normalized spacial score (nSPS) is 16.5. The quantitative estimate of drug-likeness (QED) is 0.278. The number of nitriles is 1. The highest BCUT2D eigenvalue weighted by atomic mass is 32.2. The molecule has 1 aliphatic heterocycles. The smallest absolute Gasteiger partial charge is 0.337 e. The van der Waals surface area contributed by atoms with Crippen molar-refractivity contribution in [2.75, 3.05) is 30.2 Å². The van der Waals surface area contributed by atoms with Gasteiger partial charge in [0.05, 0.1) is 43.1 Å². The van der Waals surface area contributed by atoms with Crippen LogP contribution in [0.5, 0.6) is 5.75 Å². The van der Waals surface area contributed by atoms with Crippen molar-refractivity contribution < 1.29 is 23.9 Å². The summed E-state index contributed by atoms with van der Waals surface area (Å²) < 4.78 is 10.5. The average Bonchev–Trinajstić information content (AvgIpc) is 3.48. The lowest BCUT2D eigenvalue weighted by Crippen LogP contribution is -2.38. The summed E-state index contributed by atoms with van der Waals surface area (Å²) >= 11 is 2.42. The van der Waals surface area contributed by atoms with Crippen LogP contribution in [0, 0.1) is 11.3 Å². The lowest BCUT2D eigenvalue weighted by Gasteiger charge is -2.38. The van der Waals surface area contributed by atoms with Crippen LogP contribution < -0.4 is 20.7 Å². The van der Waals surface area contributed by atoms with Crippen molar-refractivity contribution in [2.45, 2.75) is 29.5 Å². The topological polar surface area (TPSA) is 161 Å². The number of carbonyl (C=O) groups is 3. The van der Waals surface area contributed by atoms with E-state index in [9.17, 15) is 19.6 Å². The molecule has 11 nitrogen and oxygen atoms in total. The highest BCUT2D eigenvalue weighted by Crippen LogP contribution is 2.47.